The summed E-state index contributed by atoms with van der Waals surface area (Å²) in [6, 6.07) is 5.17. The smallest absolute Gasteiger partial charge is 0.310 e. The van der Waals surface area contributed by atoms with Crippen molar-refractivity contribution in [2.45, 2.75) is 13.5 Å². The van der Waals surface area contributed by atoms with Crippen LogP contribution in [0.15, 0.2) is 16.5 Å². The number of hydrogen-bond acceptors (Lipinski definition) is 4. The predicted octanol–water partition coefficient (Wildman–Crippen LogP) is -0.156. The van der Waals surface area contributed by atoms with Gasteiger partial charge < -0.3 is 15.1 Å². The fraction of sp³-hybridized carbons (Fsp3) is 0.300. The molecule has 0 spiro atoms. The maximum atomic E-state index is 11.2. The maximum absolute atomic E-state index is 11.2. The molecule has 1 aromatic rings. The molecule has 0 aromatic carbocycles. The lowest BCUT2D eigenvalue weighted by Gasteiger charge is -2.01. The number of aryl methyl sites for hydroxylation is 1. The summed E-state index contributed by atoms with van der Waals surface area (Å²) in [6.07, 6.45) is 0. The molecule has 2 amide bonds. The number of nitriles is 1. The fourth-order valence-electron chi connectivity index (χ4n) is 1.03. The number of carbonyl (C=O) groups is 2. The number of amides is 2. The fourth-order valence-corrected chi connectivity index (χ4v) is 1.03. The van der Waals surface area contributed by atoms with E-state index in [0.717, 1.165) is 5.76 Å². The van der Waals surface area contributed by atoms with Crippen LogP contribution in [-0.4, -0.2) is 18.4 Å². The van der Waals surface area contributed by atoms with E-state index in [2.05, 4.69) is 10.6 Å². The average Bonchev–Trinajstić information content (AvgIpc) is 2.68. The van der Waals surface area contributed by atoms with Gasteiger partial charge in [-0.25, -0.2) is 0 Å². The molecule has 0 aliphatic rings. The summed E-state index contributed by atoms with van der Waals surface area (Å²) in [5.41, 5.74) is 0. The van der Waals surface area contributed by atoms with Gasteiger partial charge in [-0.2, -0.15) is 5.26 Å². The molecule has 16 heavy (non-hydrogen) atoms. The largest absolute Gasteiger partial charge is 0.465 e. The zero-order valence-corrected chi connectivity index (χ0v) is 8.74. The SMILES string of the molecule is Cc1ccc(CNC(=O)C(=O)NCC#N)o1. The summed E-state index contributed by atoms with van der Waals surface area (Å²) in [5, 5.41) is 12.7. The van der Waals surface area contributed by atoms with Crippen molar-refractivity contribution in [1.82, 2.24) is 10.6 Å². The van der Waals surface area contributed by atoms with Gasteiger partial charge in [-0.15, -0.1) is 0 Å². The van der Waals surface area contributed by atoms with Crippen LogP contribution in [0.5, 0.6) is 0 Å². The van der Waals surface area contributed by atoms with Gasteiger partial charge in [-0.1, -0.05) is 0 Å². The van der Waals surface area contributed by atoms with Crippen molar-refractivity contribution < 1.29 is 14.0 Å². The second-order valence-corrected chi connectivity index (χ2v) is 3.04. The van der Waals surface area contributed by atoms with Gasteiger partial charge in [0.2, 0.25) is 0 Å². The van der Waals surface area contributed by atoms with Crippen LogP contribution in [0.3, 0.4) is 0 Å². The first-order chi connectivity index (χ1) is 7.63. The van der Waals surface area contributed by atoms with Crippen LogP contribution < -0.4 is 10.6 Å². The normalized spacial score (nSPS) is 9.25. The van der Waals surface area contributed by atoms with Crippen LogP contribution in [0.1, 0.15) is 11.5 Å². The first-order valence-electron chi connectivity index (χ1n) is 4.62. The molecular formula is C10H11N3O3. The summed E-state index contributed by atoms with van der Waals surface area (Å²) in [6.45, 7) is 1.74. The molecule has 0 atom stereocenters. The summed E-state index contributed by atoms with van der Waals surface area (Å²) in [4.78, 5) is 22.2. The molecule has 0 aliphatic carbocycles. The Morgan fingerprint density at radius 3 is 2.62 bits per heavy atom. The third-order valence-corrected chi connectivity index (χ3v) is 1.75. The molecule has 0 saturated heterocycles. The van der Waals surface area contributed by atoms with E-state index < -0.39 is 11.8 Å². The topological polar surface area (TPSA) is 95.1 Å². The highest BCUT2D eigenvalue weighted by Gasteiger charge is 2.12. The minimum absolute atomic E-state index is 0.145. The number of nitrogens with one attached hydrogen (secondary N) is 2. The highest BCUT2D eigenvalue weighted by Crippen LogP contribution is 2.04. The number of hydrogen-bond donors (Lipinski definition) is 2. The van der Waals surface area contributed by atoms with Gasteiger partial charge in [0.15, 0.2) is 0 Å². The zero-order chi connectivity index (χ0) is 12.0. The van der Waals surface area contributed by atoms with Crippen molar-refractivity contribution in [1.29, 1.82) is 5.26 Å². The van der Waals surface area contributed by atoms with Crippen LogP contribution in [-0.2, 0) is 16.1 Å². The number of furan rings is 1. The molecule has 0 bridgehead atoms. The second-order valence-electron chi connectivity index (χ2n) is 3.04. The Labute approximate surface area is 92.2 Å². The van der Waals surface area contributed by atoms with Crippen LogP contribution in [0.2, 0.25) is 0 Å². The van der Waals surface area contributed by atoms with Gasteiger partial charge in [0.05, 0.1) is 12.6 Å². The van der Waals surface area contributed by atoms with Gasteiger partial charge >= 0.3 is 11.8 Å². The average molecular weight is 221 g/mol. The molecule has 6 heteroatoms. The number of nitrogens with zero attached hydrogens (tertiary/aromatic N) is 1. The van der Waals surface area contributed by atoms with Crippen molar-refractivity contribution in [3.05, 3.63) is 23.7 Å². The van der Waals surface area contributed by atoms with E-state index in [1.807, 2.05) is 0 Å². The lowest BCUT2D eigenvalue weighted by atomic mass is 10.4. The quantitative estimate of drug-likeness (QED) is 0.547. The van der Waals surface area contributed by atoms with E-state index in [0.29, 0.717) is 5.76 Å². The summed E-state index contributed by atoms with van der Waals surface area (Å²) < 4.78 is 5.20. The molecule has 2 N–H and O–H groups in total. The van der Waals surface area contributed by atoms with Crippen LogP contribution in [0.25, 0.3) is 0 Å². The van der Waals surface area contributed by atoms with Gasteiger partial charge in [0, 0.05) is 0 Å². The third-order valence-electron chi connectivity index (χ3n) is 1.75. The Bertz CT molecular complexity index is 431. The van der Waals surface area contributed by atoms with Gasteiger partial charge in [0.1, 0.15) is 18.1 Å². The molecule has 1 heterocycles. The molecule has 1 rings (SSSR count). The Morgan fingerprint density at radius 2 is 2.06 bits per heavy atom. The van der Waals surface area contributed by atoms with Crippen LogP contribution in [0.4, 0.5) is 0 Å². The molecule has 0 radical (unpaired) electrons. The number of rotatable bonds is 3. The number of carbonyl (C=O) groups excluding carboxylic acids is 2. The molecular weight excluding hydrogens is 210 g/mol. The molecule has 1 aromatic heterocycles. The van der Waals surface area contributed by atoms with Gasteiger partial charge in [-0.3, -0.25) is 9.59 Å². The van der Waals surface area contributed by atoms with Crippen molar-refractivity contribution in [2.75, 3.05) is 6.54 Å². The van der Waals surface area contributed by atoms with Gasteiger partial charge in [-0.05, 0) is 19.1 Å². The van der Waals surface area contributed by atoms with Crippen molar-refractivity contribution in [2.24, 2.45) is 0 Å². The molecule has 0 aliphatic heterocycles. The Hall–Kier alpha value is -2.29. The van der Waals surface area contributed by atoms with Gasteiger partial charge in [0.25, 0.3) is 0 Å². The van der Waals surface area contributed by atoms with E-state index in [9.17, 15) is 9.59 Å². The summed E-state index contributed by atoms with van der Waals surface area (Å²) >= 11 is 0. The van der Waals surface area contributed by atoms with E-state index >= 15 is 0 Å². The van der Waals surface area contributed by atoms with E-state index in [4.69, 9.17) is 9.68 Å². The zero-order valence-electron chi connectivity index (χ0n) is 8.74. The summed E-state index contributed by atoms with van der Waals surface area (Å²) in [7, 11) is 0. The van der Waals surface area contributed by atoms with E-state index in [1.54, 1.807) is 25.1 Å². The predicted molar refractivity (Wildman–Crippen MR) is 53.9 cm³/mol. The Kier molecular flexibility index (Phi) is 4.09. The molecule has 0 saturated carbocycles. The Balaban J connectivity index is 2.35. The Morgan fingerprint density at radius 1 is 1.38 bits per heavy atom. The lowest BCUT2D eigenvalue weighted by molar-refractivity contribution is -0.139. The minimum Gasteiger partial charge on any atom is -0.465 e. The van der Waals surface area contributed by atoms with Crippen molar-refractivity contribution in [3.8, 4) is 6.07 Å². The first-order valence-corrected chi connectivity index (χ1v) is 4.62. The maximum Gasteiger partial charge on any atom is 0.310 e. The third kappa shape index (κ3) is 3.46. The minimum atomic E-state index is -0.829. The van der Waals surface area contributed by atoms with Crippen LogP contribution in [0, 0.1) is 18.3 Å². The first kappa shape index (κ1) is 11.8. The lowest BCUT2D eigenvalue weighted by Crippen LogP contribution is -2.39. The summed E-state index contributed by atoms with van der Waals surface area (Å²) in [5.74, 6) is -0.314. The standard InChI is InChI=1S/C10H11N3O3/c1-7-2-3-8(16-7)6-13-10(15)9(14)12-5-4-11/h2-3H,5-6H2,1H3,(H,12,14)(H,13,15). The van der Waals surface area contributed by atoms with Crippen molar-refractivity contribution >= 4 is 11.8 Å². The van der Waals surface area contributed by atoms with Crippen LogP contribution >= 0.6 is 0 Å². The second kappa shape index (κ2) is 5.56. The molecule has 0 unspecified atom stereocenters. The monoisotopic (exact) mass is 221 g/mol. The highest BCUT2D eigenvalue weighted by atomic mass is 16.3. The highest BCUT2D eigenvalue weighted by molar-refractivity contribution is 6.35. The molecule has 84 valence electrons. The van der Waals surface area contributed by atoms with E-state index in [-0.39, 0.29) is 13.1 Å². The molecule has 6 nitrogen and oxygen atoms in total. The van der Waals surface area contributed by atoms with E-state index in [1.165, 1.54) is 0 Å². The molecule has 0 fully saturated rings. The van der Waals surface area contributed by atoms with Crippen molar-refractivity contribution in [3.63, 3.8) is 0 Å².